The van der Waals surface area contributed by atoms with E-state index in [1.807, 2.05) is 37.3 Å². The van der Waals surface area contributed by atoms with E-state index in [-0.39, 0.29) is 0 Å². The number of rotatable bonds is 12. The van der Waals surface area contributed by atoms with Crippen LogP contribution in [0.5, 0.6) is 0 Å². The third kappa shape index (κ3) is 14.5. The van der Waals surface area contributed by atoms with E-state index in [1.165, 1.54) is 38.5 Å². The van der Waals surface area contributed by atoms with Gasteiger partial charge in [-0.1, -0.05) is 62.6 Å². The summed E-state index contributed by atoms with van der Waals surface area (Å²) in [7, 11) is 0. The first-order valence-corrected chi connectivity index (χ1v) is 7.93. The molecule has 2 heteroatoms. The van der Waals surface area contributed by atoms with Crippen LogP contribution in [0.1, 0.15) is 58.3 Å². The van der Waals surface area contributed by atoms with Gasteiger partial charge in [0.2, 0.25) is 0 Å². The van der Waals surface area contributed by atoms with Crippen molar-refractivity contribution >= 4 is 0 Å². The lowest BCUT2D eigenvalue weighted by molar-refractivity contribution is 0.593. The van der Waals surface area contributed by atoms with E-state index in [0.29, 0.717) is 5.70 Å². The molecule has 0 aliphatic carbocycles. The van der Waals surface area contributed by atoms with Crippen molar-refractivity contribution in [2.24, 2.45) is 11.5 Å². The van der Waals surface area contributed by atoms with Gasteiger partial charge in [0.15, 0.2) is 0 Å². The van der Waals surface area contributed by atoms with Crippen LogP contribution < -0.4 is 11.5 Å². The van der Waals surface area contributed by atoms with Crippen molar-refractivity contribution in [3.05, 3.63) is 60.5 Å². The van der Waals surface area contributed by atoms with Gasteiger partial charge in [0.25, 0.3) is 0 Å². The molecule has 4 N–H and O–H groups in total. The topological polar surface area (TPSA) is 52.0 Å². The summed E-state index contributed by atoms with van der Waals surface area (Å²) in [6.45, 7) is 9.64. The smallest absolute Gasteiger partial charge is 0.0241 e. The molecule has 0 fully saturated rings. The molecule has 0 radical (unpaired) electrons. The molecule has 0 unspecified atom stereocenters. The number of unbranched alkanes of at least 4 members (excludes halogenated alkanes) is 5. The summed E-state index contributed by atoms with van der Waals surface area (Å²) in [6, 6.07) is 0. The van der Waals surface area contributed by atoms with Crippen molar-refractivity contribution in [1.29, 1.82) is 0 Å². The molecule has 0 heterocycles. The molecule has 0 spiro atoms. The highest BCUT2D eigenvalue weighted by atomic mass is 14.6. The summed E-state index contributed by atoms with van der Waals surface area (Å²) in [4.78, 5) is 0. The Morgan fingerprint density at radius 1 is 0.857 bits per heavy atom. The Hall–Kier alpha value is -1.70. The molecule has 0 aliphatic rings. The molecule has 0 aromatic carbocycles. The predicted molar refractivity (Wildman–Crippen MR) is 95.6 cm³/mol. The summed E-state index contributed by atoms with van der Waals surface area (Å²) >= 11 is 0. The van der Waals surface area contributed by atoms with Gasteiger partial charge in [0.1, 0.15) is 0 Å². The Morgan fingerprint density at radius 2 is 1.43 bits per heavy atom. The first-order chi connectivity index (χ1) is 10.1. The number of hydrogen-bond acceptors (Lipinski definition) is 2. The van der Waals surface area contributed by atoms with Gasteiger partial charge in [-0.2, -0.15) is 0 Å². The fourth-order valence-corrected chi connectivity index (χ4v) is 2.00. The highest BCUT2D eigenvalue weighted by Gasteiger charge is 1.94. The monoisotopic (exact) mass is 288 g/mol. The quantitative estimate of drug-likeness (QED) is 0.387. The molecule has 0 aromatic rings. The molecule has 118 valence electrons. The van der Waals surface area contributed by atoms with Gasteiger partial charge in [-0.25, -0.2) is 0 Å². The average Bonchev–Trinajstić information content (AvgIpc) is 2.45. The third-order valence-corrected chi connectivity index (χ3v) is 3.25. The zero-order chi connectivity index (χ0) is 15.9. The van der Waals surface area contributed by atoms with Gasteiger partial charge in [-0.05, 0) is 44.8 Å². The van der Waals surface area contributed by atoms with Crippen molar-refractivity contribution in [2.45, 2.75) is 58.3 Å². The molecule has 0 atom stereocenters. The Balaban J connectivity index is 3.45. The van der Waals surface area contributed by atoms with Crippen LogP contribution in [-0.4, -0.2) is 0 Å². The van der Waals surface area contributed by atoms with Gasteiger partial charge in [-0.3, -0.25) is 0 Å². The van der Waals surface area contributed by atoms with Crippen molar-refractivity contribution < 1.29 is 0 Å². The van der Waals surface area contributed by atoms with Crippen LogP contribution in [0.15, 0.2) is 60.5 Å². The molecule has 2 nitrogen and oxygen atoms in total. The van der Waals surface area contributed by atoms with Gasteiger partial charge in [0.05, 0.1) is 0 Å². The lowest BCUT2D eigenvalue weighted by Gasteiger charge is -2.03. The minimum absolute atomic E-state index is 0.582. The third-order valence-electron chi connectivity index (χ3n) is 3.25. The maximum absolute atomic E-state index is 5.88. The minimum atomic E-state index is 0.582. The Morgan fingerprint density at radius 3 is 2.00 bits per heavy atom. The minimum Gasteiger partial charge on any atom is -0.402 e. The van der Waals surface area contributed by atoms with Crippen molar-refractivity contribution in [3.8, 4) is 0 Å². The molecule has 0 amide bonds. The summed E-state index contributed by atoms with van der Waals surface area (Å²) in [5.41, 5.74) is 14.1. The van der Waals surface area contributed by atoms with Crippen molar-refractivity contribution in [1.82, 2.24) is 0 Å². The van der Waals surface area contributed by atoms with E-state index in [9.17, 15) is 0 Å². The largest absolute Gasteiger partial charge is 0.402 e. The van der Waals surface area contributed by atoms with Crippen LogP contribution in [0.2, 0.25) is 0 Å². The summed E-state index contributed by atoms with van der Waals surface area (Å²) in [5, 5.41) is 0. The van der Waals surface area contributed by atoms with Crippen LogP contribution in [0.25, 0.3) is 0 Å². The summed E-state index contributed by atoms with van der Waals surface area (Å²) in [6.07, 6.45) is 19.3. The normalized spacial score (nSPS) is 12.3. The van der Waals surface area contributed by atoms with E-state index in [2.05, 4.69) is 13.2 Å². The van der Waals surface area contributed by atoms with Crippen LogP contribution >= 0.6 is 0 Å². The molecule has 21 heavy (non-hydrogen) atoms. The Bertz CT molecular complexity index is 386. The van der Waals surface area contributed by atoms with Crippen molar-refractivity contribution in [3.63, 3.8) is 0 Å². The standard InChI is InChI=1S/C19H32N2/c1-4-5-13-19(21)14-11-9-7-6-8-10-12-17(2)15-16-18(3)20/h4-5,13,15-16H,2-3,6-12,14,20-21H2,1H3/b5-4-,16-15-,19-13+. The molecule has 0 aromatic heterocycles. The molecule has 0 saturated heterocycles. The van der Waals surface area contributed by atoms with Crippen LogP contribution in [0, 0.1) is 0 Å². The highest BCUT2D eigenvalue weighted by Crippen LogP contribution is 2.13. The van der Waals surface area contributed by atoms with Gasteiger partial charge >= 0.3 is 0 Å². The highest BCUT2D eigenvalue weighted by molar-refractivity contribution is 5.22. The second-order valence-electron chi connectivity index (χ2n) is 5.46. The molecule has 0 aliphatic heterocycles. The maximum atomic E-state index is 5.88. The number of hydrogen-bond donors (Lipinski definition) is 2. The lowest BCUT2D eigenvalue weighted by atomic mass is 10.0. The maximum Gasteiger partial charge on any atom is 0.0241 e. The molecule has 0 rings (SSSR count). The second-order valence-corrected chi connectivity index (χ2v) is 5.46. The van der Waals surface area contributed by atoms with Crippen LogP contribution in [-0.2, 0) is 0 Å². The Labute approximate surface area is 131 Å². The van der Waals surface area contributed by atoms with Gasteiger partial charge < -0.3 is 11.5 Å². The molecule has 0 bridgehead atoms. The predicted octanol–water partition coefficient (Wildman–Crippen LogP) is 5.11. The summed E-state index contributed by atoms with van der Waals surface area (Å²) < 4.78 is 0. The lowest BCUT2D eigenvalue weighted by Crippen LogP contribution is -1.96. The Kier molecular flexibility index (Phi) is 12.2. The van der Waals surface area contributed by atoms with Crippen LogP contribution in [0.4, 0.5) is 0 Å². The fourth-order valence-electron chi connectivity index (χ4n) is 2.00. The zero-order valence-electron chi connectivity index (χ0n) is 13.6. The van der Waals surface area contributed by atoms with Crippen LogP contribution in [0.3, 0.4) is 0 Å². The summed E-state index contributed by atoms with van der Waals surface area (Å²) in [5.74, 6) is 0. The number of allylic oxidation sites excluding steroid dienone is 7. The first kappa shape index (κ1) is 19.3. The SMILES string of the molecule is C=C(N)/C=C\C(=C)CCCCCCCC/C(N)=C\C=C/C. The van der Waals surface area contributed by atoms with E-state index >= 15 is 0 Å². The second kappa shape index (κ2) is 13.3. The van der Waals surface area contributed by atoms with E-state index in [1.54, 1.807) is 0 Å². The first-order valence-electron chi connectivity index (χ1n) is 7.93. The molecular formula is C19H32N2. The average molecular weight is 288 g/mol. The van der Waals surface area contributed by atoms with Crippen molar-refractivity contribution in [2.75, 3.05) is 0 Å². The fraction of sp³-hybridized carbons (Fsp3) is 0.474. The molecule has 0 saturated carbocycles. The van der Waals surface area contributed by atoms with E-state index < -0.39 is 0 Å². The zero-order valence-corrected chi connectivity index (χ0v) is 13.6. The van der Waals surface area contributed by atoms with Gasteiger partial charge in [-0.15, -0.1) is 0 Å². The van der Waals surface area contributed by atoms with Gasteiger partial charge in [0, 0.05) is 11.4 Å². The molecular weight excluding hydrogens is 256 g/mol. The number of nitrogens with two attached hydrogens (primary N) is 2. The van der Waals surface area contributed by atoms with E-state index in [0.717, 1.165) is 24.1 Å². The van der Waals surface area contributed by atoms with E-state index in [4.69, 9.17) is 11.5 Å².